The van der Waals surface area contributed by atoms with E-state index in [0.717, 1.165) is 42.5 Å². The predicted molar refractivity (Wildman–Crippen MR) is 108 cm³/mol. The van der Waals surface area contributed by atoms with Crippen LogP contribution in [0.15, 0.2) is 42.5 Å². The highest BCUT2D eigenvalue weighted by atomic mass is 35.5. The largest absolute Gasteiger partial charge is 0.454 e. The van der Waals surface area contributed by atoms with Crippen LogP contribution in [0.25, 0.3) is 11.0 Å². The number of fused-ring (bicyclic) bond motifs is 2. The molecule has 5 rings (SSSR count). The quantitative estimate of drug-likeness (QED) is 0.693. The average molecular weight is 400 g/mol. The van der Waals surface area contributed by atoms with Crippen LogP contribution >= 0.6 is 12.4 Å². The van der Waals surface area contributed by atoms with Gasteiger partial charge in [0.05, 0.1) is 11.0 Å². The molecule has 0 saturated heterocycles. The molecular weight excluding hydrogens is 378 g/mol. The summed E-state index contributed by atoms with van der Waals surface area (Å²) in [5, 5.41) is 3.18. The van der Waals surface area contributed by atoms with Crippen LogP contribution in [-0.2, 0) is 0 Å². The number of carbonyl (C=O) groups is 1. The Morgan fingerprint density at radius 2 is 1.96 bits per heavy atom. The smallest absolute Gasteiger partial charge is 0.251 e. The van der Waals surface area contributed by atoms with Gasteiger partial charge in [0.25, 0.3) is 5.91 Å². The van der Waals surface area contributed by atoms with Gasteiger partial charge in [-0.25, -0.2) is 4.98 Å². The first-order chi connectivity index (χ1) is 13.3. The SMILES string of the molecule is Cl.O=C(NC1CCCC(c2nc3ccccc3[nH]2)C1)c1ccc2c(c1)OCO2. The monoisotopic (exact) mass is 399 g/mol. The van der Waals surface area contributed by atoms with Crippen molar-refractivity contribution in [2.75, 3.05) is 6.79 Å². The molecule has 28 heavy (non-hydrogen) atoms. The van der Waals surface area contributed by atoms with Gasteiger partial charge >= 0.3 is 0 Å². The minimum Gasteiger partial charge on any atom is -0.454 e. The number of aromatic nitrogens is 2. The van der Waals surface area contributed by atoms with Gasteiger partial charge < -0.3 is 19.8 Å². The fourth-order valence-electron chi connectivity index (χ4n) is 4.04. The number of imidazole rings is 1. The van der Waals surface area contributed by atoms with E-state index in [-0.39, 0.29) is 31.1 Å². The Morgan fingerprint density at radius 1 is 1.11 bits per heavy atom. The third-order valence-electron chi connectivity index (χ3n) is 5.44. The number of para-hydroxylation sites is 2. The van der Waals surface area contributed by atoms with Crippen molar-refractivity contribution in [2.45, 2.75) is 37.6 Å². The number of halogens is 1. The molecule has 0 radical (unpaired) electrons. The van der Waals surface area contributed by atoms with Gasteiger partial charge in [0, 0.05) is 17.5 Å². The summed E-state index contributed by atoms with van der Waals surface area (Å²) < 4.78 is 10.7. The summed E-state index contributed by atoms with van der Waals surface area (Å²) >= 11 is 0. The zero-order chi connectivity index (χ0) is 18.2. The molecule has 7 heteroatoms. The molecular formula is C21H22ClN3O3. The highest BCUT2D eigenvalue weighted by Gasteiger charge is 2.27. The van der Waals surface area contributed by atoms with Gasteiger partial charge in [-0.3, -0.25) is 4.79 Å². The molecule has 2 unspecified atom stereocenters. The normalized spacial score (nSPS) is 20.6. The Morgan fingerprint density at radius 3 is 2.86 bits per heavy atom. The van der Waals surface area contributed by atoms with Crippen molar-refractivity contribution in [1.29, 1.82) is 0 Å². The van der Waals surface area contributed by atoms with E-state index in [0.29, 0.717) is 23.0 Å². The second-order valence-corrected chi connectivity index (χ2v) is 7.24. The maximum absolute atomic E-state index is 12.7. The first-order valence-electron chi connectivity index (χ1n) is 9.41. The molecule has 2 N–H and O–H groups in total. The Labute approximate surface area is 169 Å². The van der Waals surface area contributed by atoms with Crippen LogP contribution in [-0.4, -0.2) is 28.7 Å². The van der Waals surface area contributed by atoms with Crippen molar-refractivity contribution < 1.29 is 14.3 Å². The molecule has 1 aromatic heterocycles. The molecule has 6 nitrogen and oxygen atoms in total. The molecule has 1 aliphatic carbocycles. The van der Waals surface area contributed by atoms with E-state index >= 15 is 0 Å². The van der Waals surface area contributed by atoms with Gasteiger partial charge in [0.2, 0.25) is 6.79 Å². The van der Waals surface area contributed by atoms with Crippen molar-refractivity contribution in [3.63, 3.8) is 0 Å². The molecule has 3 aromatic rings. The predicted octanol–water partition coefficient (Wildman–Crippen LogP) is 4.17. The molecule has 1 saturated carbocycles. The standard InChI is InChI=1S/C21H21N3O3.ClH/c25-21(14-8-9-18-19(11-14)27-12-26-18)22-15-5-3-4-13(10-15)20-23-16-6-1-2-7-17(16)24-20;/h1-2,6-9,11,13,15H,3-5,10,12H2,(H,22,25)(H,23,24);1H. The molecule has 146 valence electrons. The third kappa shape index (κ3) is 3.52. The summed E-state index contributed by atoms with van der Waals surface area (Å²) in [5.74, 6) is 2.62. The summed E-state index contributed by atoms with van der Waals surface area (Å²) in [6.07, 6.45) is 4.06. The maximum atomic E-state index is 12.7. The molecule has 2 aliphatic rings. The molecule has 0 spiro atoms. The van der Waals surface area contributed by atoms with Crippen LogP contribution < -0.4 is 14.8 Å². The lowest BCUT2D eigenvalue weighted by atomic mass is 9.85. The van der Waals surface area contributed by atoms with Crippen LogP contribution in [0.1, 0.15) is 47.8 Å². The summed E-state index contributed by atoms with van der Waals surface area (Å²) in [6.45, 7) is 0.211. The van der Waals surface area contributed by atoms with Crippen molar-refractivity contribution in [3.05, 3.63) is 53.9 Å². The lowest BCUT2D eigenvalue weighted by Crippen LogP contribution is -2.38. The third-order valence-corrected chi connectivity index (χ3v) is 5.44. The van der Waals surface area contributed by atoms with Gasteiger partial charge in [-0.2, -0.15) is 0 Å². The Bertz CT molecular complexity index is 970. The molecule has 2 aromatic carbocycles. The van der Waals surface area contributed by atoms with Crippen LogP contribution in [0.4, 0.5) is 0 Å². The van der Waals surface area contributed by atoms with Gasteiger partial charge in [0.15, 0.2) is 11.5 Å². The number of rotatable bonds is 3. The average Bonchev–Trinajstić information content (AvgIpc) is 3.34. The lowest BCUT2D eigenvalue weighted by molar-refractivity contribution is 0.0924. The zero-order valence-electron chi connectivity index (χ0n) is 15.3. The first-order valence-corrected chi connectivity index (χ1v) is 9.41. The van der Waals surface area contributed by atoms with Gasteiger partial charge in [0.1, 0.15) is 5.82 Å². The van der Waals surface area contributed by atoms with Gasteiger partial charge in [-0.1, -0.05) is 18.6 Å². The highest BCUT2D eigenvalue weighted by Crippen LogP contribution is 2.34. The minimum atomic E-state index is -0.0662. The molecule has 0 bridgehead atoms. The van der Waals surface area contributed by atoms with Crippen molar-refractivity contribution in [3.8, 4) is 11.5 Å². The van der Waals surface area contributed by atoms with Crippen LogP contribution in [0.2, 0.25) is 0 Å². The second-order valence-electron chi connectivity index (χ2n) is 7.24. The number of nitrogens with one attached hydrogen (secondary N) is 2. The van der Waals surface area contributed by atoms with E-state index in [2.05, 4.69) is 10.3 Å². The molecule has 1 amide bonds. The Balaban J connectivity index is 0.00000192. The van der Waals surface area contributed by atoms with E-state index in [9.17, 15) is 4.79 Å². The molecule has 2 atom stereocenters. The summed E-state index contributed by atoms with van der Waals surface area (Å²) in [4.78, 5) is 20.9. The Kier molecular flexibility index (Phi) is 5.13. The second kappa shape index (κ2) is 7.72. The number of nitrogens with zero attached hydrogens (tertiary/aromatic N) is 1. The Hall–Kier alpha value is -2.73. The molecule has 2 heterocycles. The topological polar surface area (TPSA) is 76.2 Å². The minimum absolute atomic E-state index is 0. The number of ether oxygens (including phenoxy) is 2. The van der Waals surface area contributed by atoms with E-state index in [4.69, 9.17) is 14.5 Å². The van der Waals surface area contributed by atoms with Crippen molar-refractivity contribution in [2.24, 2.45) is 0 Å². The zero-order valence-corrected chi connectivity index (χ0v) is 16.1. The van der Waals surface area contributed by atoms with E-state index in [1.807, 2.05) is 24.3 Å². The molecule has 1 aliphatic heterocycles. The number of hydrogen-bond donors (Lipinski definition) is 2. The summed E-state index contributed by atoms with van der Waals surface area (Å²) in [7, 11) is 0. The van der Waals surface area contributed by atoms with Crippen LogP contribution in [0.5, 0.6) is 11.5 Å². The van der Waals surface area contributed by atoms with Crippen LogP contribution in [0, 0.1) is 0 Å². The number of aromatic amines is 1. The highest BCUT2D eigenvalue weighted by molar-refractivity contribution is 5.95. The van der Waals surface area contributed by atoms with E-state index in [1.54, 1.807) is 18.2 Å². The van der Waals surface area contributed by atoms with Gasteiger partial charge in [-0.15, -0.1) is 12.4 Å². The van der Waals surface area contributed by atoms with E-state index in [1.165, 1.54) is 0 Å². The number of hydrogen-bond acceptors (Lipinski definition) is 4. The lowest BCUT2D eigenvalue weighted by Gasteiger charge is -2.28. The number of amides is 1. The van der Waals surface area contributed by atoms with E-state index < -0.39 is 0 Å². The molecule has 1 fully saturated rings. The fraction of sp³-hybridized carbons (Fsp3) is 0.333. The van der Waals surface area contributed by atoms with Crippen molar-refractivity contribution in [1.82, 2.24) is 15.3 Å². The summed E-state index contributed by atoms with van der Waals surface area (Å²) in [6, 6.07) is 13.6. The maximum Gasteiger partial charge on any atom is 0.251 e. The summed E-state index contributed by atoms with van der Waals surface area (Å²) in [5.41, 5.74) is 2.67. The fourth-order valence-corrected chi connectivity index (χ4v) is 4.04. The number of carbonyl (C=O) groups excluding carboxylic acids is 1. The van der Waals surface area contributed by atoms with Gasteiger partial charge in [-0.05, 0) is 49.6 Å². The van der Waals surface area contributed by atoms with Crippen molar-refractivity contribution >= 4 is 29.3 Å². The van der Waals surface area contributed by atoms with Crippen LogP contribution in [0.3, 0.4) is 0 Å². The number of H-pyrrole nitrogens is 1. The number of benzene rings is 2. The first kappa shape index (κ1) is 18.6.